The molecule has 0 atom stereocenters. The Morgan fingerprint density at radius 2 is 2.12 bits per heavy atom. The summed E-state index contributed by atoms with van der Waals surface area (Å²) in [5.74, 6) is -0.290. The molecule has 0 aliphatic heterocycles. The first-order valence-corrected chi connectivity index (χ1v) is 5.49. The summed E-state index contributed by atoms with van der Waals surface area (Å²) in [4.78, 5) is 4.15. The van der Waals surface area contributed by atoms with E-state index >= 15 is 0 Å². The topological polar surface area (TPSA) is 22.1 Å². The highest BCUT2D eigenvalue weighted by Gasteiger charge is 2.06. The Hall–Kier alpha value is -1.64. The standard InChI is InChI=1S/C13H14FNO/c1-2-3-8-16-13-11(14)9-10-6-4-5-7-12(10)15-13/h4-7,9H,2-3,8H2,1H3. The summed E-state index contributed by atoms with van der Waals surface area (Å²) in [6.07, 6.45) is 1.93. The summed E-state index contributed by atoms with van der Waals surface area (Å²) in [7, 11) is 0. The van der Waals surface area contributed by atoms with Crippen molar-refractivity contribution in [3.63, 3.8) is 0 Å². The minimum atomic E-state index is -0.394. The molecule has 0 unspecified atom stereocenters. The molecule has 0 radical (unpaired) electrons. The van der Waals surface area contributed by atoms with Crippen LogP contribution in [-0.2, 0) is 0 Å². The second-order valence-corrected chi connectivity index (χ2v) is 3.67. The van der Waals surface area contributed by atoms with Crippen molar-refractivity contribution in [2.45, 2.75) is 19.8 Å². The highest BCUT2D eigenvalue weighted by molar-refractivity contribution is 5.78. The maximum Gasteiger partial charge on any atom is 0.250 e. The van der Waals surface area contributed by atoms with Gasteiger partial charge in [0.2, 0.25) is 0 Å². The molecule has 1 aromatic carbocycles. The molecule has 0 aliphatic carbocycles. The Labute approximate surface area is 94.1 Å². The molecule has 0 amide bonds. The van der Waals surface area contributed by atoms with Gasteiger partial charge in [0.25, 0.3) is 5.88 Å². The summed E-state index contributed by atoms with van der Waals surface area (Å²) >= 11 is 0. The number of para-hydroxylation sites is 1. The molecule has 0 fully saturated rings. The van der Waals surface area contributed by atoms with E-state index in [-0.39, 0.29) is 5.88 Å². The van der Waals surface area contributed by atoms with Crippen molar-refractivity contribution in [3.05, 3.63) is 36.1 Å². The molecule has 0 N–H and O–H groups in total. The molecule has 0 spiro atoms. The lowest BCUT2D eigenvalue weighted by molar-refractivity contribution is 0.283. The van der Waals surface area contributed by atoms with Gasteiger partial charge in [-0.05, 0) is 18.6 Å². The molecular formula is C13H14FNO. The zero-order chi connectivity index (χ0) is 11.4. The van der Waals surface area contributed by atoms with Crippen LogP contribution in [0.3, 0.4) is 0 Å². The molecule has 3 heteroatoms. The van der Waals surface area contributed by atoms with Gasteiger partial charge in [-0.15, -0.1) is 0 Å². The van der Waals surface area contributed by atoms with E-state index in [0.717, 1.165) is 23.7 Å². The van der Waals surface area contributed by atoms with E-state index in [2.05, 4.69) is 11.9 Å². The minimum Gasteiger partial charge on any atom is -0.476 e. The number of aromatic nitrogens is 1. The first kappa shape index (κ1) is 10.9. The number of rotatable bonds is 4. The van der Waals surface area contributed by atoms with Crippen molar-refractivity contribution in [2.24, 2.45) is 0 Å². The van der Waals surface area contributed by atoms with Crippen LogP contribution < -0.4 is 4.74 Å². The molecular weight excluding hydrogens is 205 g/mol. The van der Waals surface area contributed by atoms with Gasteiger partial charge in [-0.1, -0.05) is 31.5 Å². The van der Waals surface area contributed by atoms with Crippen molar-refractivity contribution in [2.75, 3.05) is 6.61 Å². The molecule has 2 rings (SSSR count). The number of fused-ring (bicyclic) bond motifs is 1. The third kappa shape index (κ3) is 2.30. The number of ether oxygens (including phenoxy) is 1. The average molecular weight is 219 g/mol. The van der Waals surface area contributed by atoms with E-state index in [1.807, 2.05) is 24.3 Å². The largest absolute Gasteiger partial charge is 0.476 e. The fraction of sp³-hybridized carbons (Fsp3) is 0.308. The molecule has 2 nitrogen and oxygen atoms in total. The van der Waals surface area contributed by atoms with Crippen LogP contribution in [0.1, 0.15) is 19.8 Å². The van der Waals surface area contributed by atoms with Gasteiger partial charge in [-0.3, -0.25) is 0 Å². The summed E-state index contributed by atoms with van der Waals surface area (Å²) in [6, 6.07) is 8.89. The van der Waals surface area contributed by atoms with Gasteiger partial charge >= 0.3 is 0 Å². The molecule has 2 aromatic rings. The Balaban J connectivity index is 2.27. The van der Waals surface area contributed by atoms with Gasteiger partial charge in [0, 0.05) is 5.39 Å². The van der Waals surface area contributed by atoms with Crippen LogP contribution in [0.25, 0.3) is 10.9 Å². The Bertz CT molecular complexity index is 484. The van der Waals surface area contributed by atoms with Gasteiger partial charge < -0.3 is 4.74 Å². The lowest BCUT2D eigenvalue weighted by atomic mass is 10.2. The maximum atomic E-state index is 13.6. The SMILES string of the molecule is CCCCOc1nc2ccccc2cc1F. The van der Waals surface area contributed by atoms with E-state index in [1.165, 1.54) is 6.07 Å². The number of benzene rings is 1. The first-order chi connectivity index (χ1) is 7.81. The van der Waals surface area contributed by atoms with E-state index < -0.39 is 5.82 Å². The number of halogens is 1. The summed E-state index contributed by atoms with van der Waals surface area (Å²) in [6.45, 7) is 2.58. The third-order valence-electron chi connectivity index (χ3n) is 2.38. The highest BCUT2D eigenvalue weighted by Crippen LogP contribution is 2.20. The van der Waals surface area contributed by atoms with Crippen LogP contribution in [0.15, 0.2) is 30.3 Å². The lowest BCUT2D eigenvalue weighted by Gasteiger charge is -2.06. The second-order valence-electron chi connectivity index (χ2n) is 3.67. The van der Waals surface area contributed by atoms with E-state index in [0.29, 0.717) is 6.61 Å². The predicted molar refractivity (Wildman–Crippen MR) is 62.1 cm³/mol. The van der Waals surface area contributed by atoms with Crippen molar-refractivity contribution < 1.29 is 9.13 Å². The van der Waals surface area contributed by atoms with Crippen molar-refractivity contribution in [1.29, 1.82) is 0 Å². The predicted octanol–water partition coefficient (Wildman–Crippen LogP) is 3.55. The molecule has 1 heterocycles. The molecule has 0 saturated carbocycles. The second kappa shape index (κ2) is 4.92. The number of nitrogens with zero attached hydrogens (tertiary/aromatic N) is 1. The van der Waals surface area contributed by atoms with Crippen LogP contribution >= 0.6 is 0 Å². The lowest BCUT2D eigenvalue weighted by Crippen LogP contribution is -2.01. The van der Waals surface area contributed by atoms with Crippen LogP contribution in [0, 0.1) is 5.82 Å². The Morgan fingerprint density at radius 3 is 2.94 bits per heavy atom. The van der Waals surface area contributed by atoms with Gasteiger partial charge in [-0.25, -0.2) is 9.37 Å². The first-order valence-electron chi connectivity index (χ1n) is 5.49. The van der Waals surface area contributed by atoms with Crippen molar-refractivity contribution >= 4 is 10.9 Å². The van der Waals surface area contributed by atoms with E-state index in [4.69, 9.17) is 4.74 Å². The van der Waals surface area contributed by atoms with Crippen LogP contribution in [0.2, 0.25) is 0 Å². The smallest absolute Gasteiger partial charge is 0.250 e. The van der Waals surface area contributed by atoms with Crippen molar-refractivity contribution in [1.82, 2.24) is 4.98 Å². The Kier molecular flexibility index (Phi) is 3.34. The third-order valence-corrected chi connectivity index (χ3v) is 2.38. The highest BCUT2D eigenvalue weighted by atomic mass is 19.1. The molecule has 84 valence electrons. The van der Waals surface area contributed by atoms with Gasteiger partial charge in [0.15, 0.2) is 5.82 Å². The van der Waals surface area contributed by atoms with Gasteiger partial charge in [0.05, 0.1) is 12.1 Å². The molecule has 0 aliphatic rings. The Morgan fingerprint density at radius 1 is 1.31 bits per heavy atom. The monoisotopic (exact) mass is 219 g/mol. The quantitative estimate of drug-likeness (QED) is 0.733. The fourth-order valence-electron chi connectivity index (χ4n) is 1.49. The average Bonchev–Trinajstić information content (AvgIpc) is 2.30. The molecule has 16 heavy (non-hydrogen) atoms. The normalized spacial score (nSPS) is 10.6. The summed E-state index contributed by atoms with van der Waals surface area (Å²) < 4.78 is 18.9. The minimum absolute atomic E-state index is 0.104. The summed E-state index contributed by atoms with van der Waals surface area (Å²) in [5, 5.41) is 0.794. The van der Waals surface area contributed by atoms with Crippen molar-refractivity contribution in [3.8, 4) is 5.88 Å². The van der Waals surface area contributed by atoms with Crippen LogP contribution in [0.4, 0.5) is 4.39 Å². The van der Waals surface area contributed by atoms with Gasteiger partial charge in [0.1, 0.15) is 0 Å². The van der Waals surface area contributed by atoms with Gasteiger partial charge in [-0.2, -0.15) is 0 Å². The number of unbranched alkanes of at least 4 members (excludes halogenated alkanes) is 1. The van der Waals surface area contributed by atoms with Crippen LogP contribution in [0.5, 0.6) is 5.88 Å². The molecule has 1 aromatic heterocycles. The maximum absolute atomic E-state index is 13.6. The molecule has 0 saturated heterocycles. The number of hydrogen-bond acceptors (Lipinski definition) is 2. The zero-order valence-corrected chi connectivity index (χ0v) is 9.24. The zero-order valence-electron chi connectivity index (χ0n) is 9.24. The summed E-state index contributed by atoms with van der Waals surface area (Å²) in [5.41, 5.74) is 0.760. The fourth-order valence-corrected chi connectivity index (χ4v) is 1.49. The molecule has 0 bridgehead atoms. The number of hydrogen-bond donors (Lipinski definition) is 0. The van der Waals surface area contributed by atoms with E-state index in [9.17, 15) is 4.39 Å². The van der Waals surface area contributed by atoms with E-state index in [1.54, 1.807) is 0 Å². The number of pyridine rings is 1. The van der Waals surface area contributed by atoms with Crippen LogP contribution in [-0.4, -0.2) is 11.6 Å².